The zero-order valence-electron chi connectivity index (χ0n) is 16.7. The Bertz CT molecular complexity index is 719. The summed E-state index contributed by atoms with van der Waals surface area (Å²) in [4.78, 5) is 4.69. The lowest BCUT2D eigenvalue weighted by Crippen LogP contribution is -2.39. The zero-order chi connectivity index (χ0) is 18.9. The molecule has 142 valence electrons. The molecule has 26 heavy (non-hydrogen) atoms. The Balaban J connectivity index is 1.99. The molecule has 0 saturated carbocycles. The maximum absolute atomic E-state index is 4.69. The van der Waals surface area contributed by atoms with Crippen LogP contribution in [0.3, 0.4) is 0 Å². The summed E-state index contributed by atoms with van der Waals surface area (Å²) in [5, 5.41) is 15.2. The number of guanidine groups is 1. The van der Waals surface area contributed by atoms with Gasteiger partial charge in [-0.15, -0.1) is 10.2 Å². The van der Waals surface area contributed by atoms with Crippen molar-refractivity contribution in [2.75, 3.05) is 13.1 Å². The average Bonchev–Trinajstić information content (AvgIpc) is 2.95. The van der Waals surface area contributed by atoms with Gasteiger partial charge in [-0.25, -0.2) is 4.99 Å². The van der Waals surface area contributed by atoms with Crippen LogP contribution < -0.4 is 10.6 Å². The molecule has 0 fully saturated rings. The Morgan fingerprint density at radius 3 is 2.69 bits per heavy atom. The number of aromatic nitrogens is 3. The maximum Gasteiger partial charge on any atom is 0.191 e. The highest BCUT2D eigenvalue weighted by Gasteiger charge is 2.08. The molecule has 0 radical (unpaired) electrons. The van der Waals surface area contributed by atoms with Crippen molar-refractivity contribution < 1.29 is 0 Å². The number of nitrogens with zero attached hydrogens (tertiary/aromatic N) is 4. The highest BCUT2D eigenvalue weighted by Crippen LogP contribution is 2.15. The topological polar surface area (TPSA) is 67.1 Å². The average molecular weight is 357 g/mol. The number of hydrogen-bond donors (Lipinski definition) is 2. The standard InChI is InChI=1S/C20H32N6/c1-6-7-11-21-20(23-14-19-25-24-17(4)26(19)5)22-13-16(3)18-10-8-9-15(2)12-18/h8-10,12,16H,6-7,11,13-14H2,1-5H3,(H2,21,22,23). The summed E-state index contributed by atoms with van der Waals surface area (Å²) in [6.07, 6.45) is 2.28. The van der Waals surface area contributed by atoms with E-state index in [4.69, 9.17) is 4.99 Å². The molecule has 2 N–H and O–H groups in total. The highest BCUT2D eigenvalue weighted by molar-refractivity contribution is 5.79. The van der Waals surface area contributed by atoms with E-state index in [9.17, 15) is 0 Å². The van der Waals surface area contributed by atoms with E-state index in [2.05, 4.69) is 65.9 Å². The number of nitrogens with one attached hydrogen (secondary N) is 2. The SMILES string of the molecule is CCCCNC(=NCc1nnc(C)n1C)NCC(C)c1cccc(C)c1. The molecular weight excluding hydrogens is 324 g/mol. The third-order valence-electron chi connectivity index (χ3n) is 4.57. The summed E-state index contributed by atoms with van der Waals surface area (Å²) < 4.78 is 1.97. The highest BCUT2D eigenvalue weighted by atomic mass is 15.3. The quantitative estimate of drug-likeness (QED) is 0.433. The summed E-state index contributed by atoms with van der Waals surface area (Å²) >= 11 is 0. The number of hydrogen-bond acceptors (Lipinski definition) is 3. The largest absolute Gasteiger partial charge is 0.356 e. The molecule has 0 aliphatic carbocycles. The fourth-order valence-electron chi connectivity index (χ4n) is 2.64. The normalized spacial score (nSPS) is 12.9. The minimum Gasteiger partial charge on any atom is -0.356 e. The van der Waals surface area contributed by atoms with E-state index in [1.54, 1.807) is 0 Å². The van der Waals surface area contributed by atoms with Crippen molar-refractivity contribution in [2.45, 2.75) is 53.0 Å². The molecule has 1 unspecified atom stereocenters. The predicted molar refractivity (Wildman–Crippen MR) is 107 cm³/mol. The molecule has 1 heterocycles. The molecule has 6 heteroatoms. The van der Waals surface area contributed by atoms with Crippen molar-refractivity contribution in [2.24, 2.45) is 12.0 Å². The fraction of sp³-hybridized carbons (Fsp3) is 0.550. The van der Waals surface area contributed by atoms with Crippen LogP contribution in [0.4, 0.5) is 0 Å². The van der Waals surface area contributed by atoms with E-state index in [0.29, 0.717) is 12.5 Å². The van der Waals surface area contributed by atoms with Gasteiger partial charge in [-0.3, -0.25) is 0 Å². The Morgan fingerprint density at radius 1 is 1.23 bits per heavy atom. The third-order valence-corrected chi connectivity index (χ3v) is 4.57. The van der Waals surface area contributed by atoms with Crippen LogP contribution in [0.25, 0.3) is 0 Å². The van der Waals surface area contributed by atoms with Gasteiger partial charge in [0.05, 0.1) is 0 Å². The second kappa shape index (κ2) is 9.94. The summed E-state index contributed by atoms with van der Waals surface area (Å²) in [6.45, 7) is 10.8. The van der Waals surface area contributed by atoms with Crippen LogP contribution in [0.5, 0.6) is 0 Å². The van der Waals surface area contributed by atoms with Gasteiger partial charge in [0, 0.05) is 20.1 Å². The second-order valence-corrected chi connectivity index (χ2v) is 6.86. The summed E-state index contributed by atoms with van der Waals surface area (Å²) in [7, 11) is 1.97. The van der Waals surface area contributed by atoms with Crippen LogP contribution in [0.1, 0.15) is 55.4 Å². The number of unbranched alkanes of at least 4 members (excludes halogenated alkanes) is 1. The molecule has 0 bridgehead atoms. The van der Waals surface area contributed by atoms with Gasteiger partial charge in [0.2, 0.25) is 0 Å². The van der Waals surface area contributed by atoms with Crippen LogP contribution >= 0.6 is 0 Å². The number of benzene rings is 1. The molecule has 2 aromatic rings. The first kappa shape index (κ1) is 19.9. The molecule has 0 spiro atoms. The van der Waals surface area contributed by atoms with E-state index in [1.807, 2.05) is 18.5 Å². The number of aryl methyl sites for hydroxylation is 2. The van der Waals surface area contributed by atoms with Gasteiger partial charge in [-0.05, 0) is 31.7 Å². The van der Waals surface area contributed by atoms with Crippen LogP contribution in [0, 0.1) is 13.8 Å². The molecule has 0 saturated heterocycles. The Hall–Kier alpha value is -2.37. The lowest BCUT2D eigenvalue weighted by Gasteiger charge is -2.17. The van der Waals surface area contributed by atoms with Gasteiger partial charge in [-0.2, -0.15) is 0 Å². The lowest BCUT2D eigenvalue weighted by molar-refractivity contribution is 0.677. The van der Waals surface area contributed by atoms with Gasteiger partial charge < -0.3 is 15.2 Å². The summed E-state index contributed by atoms with van der Waals surface area (Å²) in [5.41, 5.74) is 2.64. The van der Waals surface area contributed by atoms with Crippen molar-refractivity contribution in [1.82, 2.24) is 25.4 Å². The van der Waals surface area contributed by atoms with Crippen LogP contribution in [-0.4, -0.2) is 33.8 Å². The van der Waals surface area contributed by atoms with Crippen LogP contribution in [0.2, 0.25) is 0 Å². The minimum atomic E-state index is 0.408. The zero-order valence-corrected chi connectivity index (χ0v) is 16.7. The van der Waals surface area contributed by atoms with Gasteiger partial charge in [-0.1, -0.05) is 50.1 Å². The van der Waals surface area contributed by atoms with Gasteiger partial charge in [0.15, 0.2) is 11.8 Å². The van der Waals surface area contributed by atoms with Crippen molar-refractivity contribution in [1.29, 1.82) is 0 Å². The third kappa shape index (κ3) is 5.86. The fourth-order valence-corrected chi connectivity index (χ4v) is 2.64. The Kier molecular flexibility index (Phi) is 7.63. The van der Waals surface area contributed by atoms with E-state index in [-0.39, 0.29) is 0 Å². The van der Waals surface area contributed by atoms with Gasteiger partial charge >= 0.3 is 0 Å². The Labute approximate surface area is 157 Å². The summed E-state index contributed by atoms with van der Waals surface area (Å²) in [6, 6.07) is 8.68. The summed E-state index contributed by atoms with van der Waals surface area (Å²) in [5.74, 6) is 3.01. The molecule has 0 aliphatic rings. The van der Waals surface area contributed by atoms with Gasteiger partial charge in [0.25, 0.3) is 0 Å². The molecular formula is C20H32N6. The van der Waals surface area contributed by atoms with Crippen molar-refractivity contribution in [3.8, 4) is 0 Å². The van der Waals surface area contributed by atoms with Crippen molar-refractivity contribution in [3.05, 3.63) is 47.0 Å². The lowest BCUT2D eigenvalue weighted by atomic mass is 9.99. The first-order chi connectivity index (χ1) is 12.5. The monoisotopic (exact) mass is 356 g/mol. The number of aliphatic imine (C=N–C) groups is 1. The maximum atomic E-state index is 4.69. The van der Waals surface area contributed by atoms with E-state index < -0.39 is 0 Å². The minimum absolute atomic E-state index is 0.408. The molecule has 1 aromatic carbocycles. The van der Waals surface area contributed by atoms with Crippen LogP contribution in [0.15, 0.2) is 29.3 Å². The van der Waals surface area contributed by atoms with Crippen molar-refractivity contribution in [3.63, 3.8) is 0 Å². The van der Waals surface area contributed by atoms with E-state index in [1.165, 1.54) is 11.1 Å². The smallest absolute Gasteiger partial charge is 0.191 e. The predicted octanol–water partition coefficient (Wildman–Crippen LogP) is 3.07. The molecule has 6 nitrogen and oxygen atoms in total. The molecule has 0 aliphatic heterocycles. The first-order valence-corrected chi connectivity index (χ1v) is 9.44. The van der Waals surface area contributed by atoms with Crippen molar-refractivity contribution >= 4 is 5.96 Å². The number of rotatable bonds is 8. The molecule has 2 rings (SSSR count). The van der Waals surface area contributed by atoms with E-state index in [0.717, 1.165) is 43.5 Å². The van der Waals surface area contributed by atoms with E-state index >= 15 is 0 Å². The molecule has 1 atom stereocenters. The second-order valence-electron chi connectivity index (χ2n) is 6.86. The molecule has 1 aromatic heterocycles. The van der Waals surface area contributed by atoms with Crippen LogP contribution in [-0.2, 0) is 13.6 Å². The van der Waals surface area contributed by atoms with Gasteiger partial charge in [0.1, 0.15) is 12.4 Å². The Morgan fingerprint density at radius 2 is 2.04 bits per heavy atom. The molecule has 0 amide bonds. The first-order valence-electron chi connectivity index (χ1n) is 9.44.